The van der Waals surface area contributed by atoms with Gasteiger partial charge in [-0.2, -0.15) is 20.1 Å². The molecule has 0 aliphatic carbocycles. The Labute approximate surface area is 130 Å². The Morgan fingerprint density at radius 1 is 1.14 bits per heavy atom. The van der Waals surface area contributed by atoms with E-state index in [0.717, 1.165) is 18.7 Å². The first-order valence-corrected chi connectivity index (χ1v) is 7.24. The summed E-state index contributed by atoms with van der Waals surface area (Å²) in [6, 6.07) is 8.20. The van der Waals surface area contributed by atoms with Gasteiger partial charge in [0, 0.05) is 18.8 Å². The van der Waals surface area contributed by atoms with Gasteiger partial charge in [0.25, 0.3) is 0 Å². The molecule has 7 nitrogen and oxygen atoms in total. The third-order valence-electron chi connectivity index (χ3n) is 3.16. The molecule has 0 radical (unpaired) electrons. The number of nitrogen functional groups attached to an aromatic ring is 1. The van der Waals surface area contributed by atoms with Crippen LogP contribution in [-0.4, -0.2) is 34.3 Å². The van der Waals surface area contributed by atoms with Gasteiger partial charge in [0.1, 0.15) is 5.82 Å². The zero-order valence-corrected chi connectivity index (χ0v) is 13.1. The first kappa shape index (κ1) is 15.7. The van der Waals surface area contributed by atoms with E-state index in [1.54, 1.807) is 13.1 Å². The maximum Gasteiger partial charge on any atom is 0.248 e. The van der Waals surface area contributed by atoms with Crippen LogP contribution in [-0.2, 0) is 0 Å². The van der Waals surface area contributed by atoms with Gasteiger partial charge in [-0.05, 0) is 38.5 Å². The van der Waals surface area contributed by atoms with Crippen LogP contribution in [0, 0.1) is 6.92 Å². The van der Waals surface area contributed by atoms with Crippen molar-refractivity contribution in [2.75, 3.05) is 29.1 Å². The number of nitrogens with two attached hydrogens (primary N) is 1. The molecule has 0 aliphatic heterocycles. The van der Waals surface area contributed by atoms with E-state index in [-0.39, 0.29) is 5.95 Å². The SMILES string of the molecule is CCN(CC)c1ccc(/C=N\Nc2nc(C)nc(N)n2)cc1. The summed E-state index contributed by atoms with van der Waals surface area (Å²) >= 11 is 0. The number of aryl methyl sites for hydroxylation is 1. The highest BCUT2D eigenvalue weighted by Gasteiger charge is 2.01. The van der Waals surface area contributed by atoms with Crippen molar-refractivity contribution in [2.24, 2.45) is 5.10 Å². The Hall–Kier alpha value is -2.70. The number of nitrogens with one attached hydrogen (secondary N) is 1. The molecule has 0 aliphatic rings. The Kier molecular flexibility index (Phi) is 5.24. The molecule has 0 amide bonds. The molecule has 7 heteroatoms. The predicted octanol–water partition coefficient (Wildman–Crippen LogP) is 2.05. The van der Waals surface area contributed by atoms with Crippen molar-refractivity contribution in [2.45, 2.75) is 20.8 Å². The van der Waals surface area contributed by atoms with Crippen LogP contribution in [0.2, 0.25) is 0 Å². The molecule has 1 heterocycles. The minimum atomic E-state index is 0.175. The fraction of sp³-hybridized carbons (Fsp3) is 0.333. The molecule has 1 aromatic heterocycles. The fourth-order valence-electron chi connectivity index (χ4n) is 2.08. The number of hydrogen-bond acceptors (Lipinski definition) is 7. The third-order valence-corrected chi connectivity index (χ3v) is 3.16. The predicted molar refractivity (Wildman–Crippen MR) is 90.2 cm³/mol. The van der Waals surface area contributed by atoms with Crippen molar-refractivity contribution in [3.05, 3.63) is 35.7 Å². The van der Waals surface area contributed by atoms with Crippen molar-refractivity contribution in [1.82, 2.24) is 15.0 Å². The Morgan fingerprint density at radius 2 is 1.82 bits per heavy atom. The van der Waals surface area contributed by atoms with Crippen molar-refractivity contribution in [3.8, 4) is 0 Å². The van der Waals surface area contributed by atoms with Crippen molar-refractivity contribution < 1.29 is 0 Å². The van der Waals surface area contributed by atoms with E-state index in [0.29, 0.717) is 11.8 Å². The van der Waals surface area contributed by atoms with Gasteiger partial charge in [0.2, 0.25) is 11.9 Å². The lowest BCUT2D eigenvalue weighted by Crippen LogP contribution is -2.21. The standard InChI is InChI=1S/C15H21N7/c1-4-22(5-2)13-8-6-12(7-9-13)10-17-21-15-19-11(3)18-14(16)20-15/h6-10H,4-5H2,1-3H3,(H3,16,18,19,20,21)/b17-10-. The molecule has 0 bridgehead atoms. The van der Waals surface area contributed by atoms with E-state index in [2.05, 4.69) is 56.4 Å². The van der Waals surface area contributed by atoms with Gasteiger partial charge >= 0.3 is 0 Å². The van der Waals surface area contributed by atoms with Gasteiger partial charge in [-0.25, -0.2) is 5.43 Å². The van der Waals surface area contributed by atoms with E-state index in [9.17, 15) is 0 Å². The summed E-state index contributed by atoms with van der Waals surface area (Å²) in [6.07, 6.45) is 1.71. The van der Waals surface area contributed by atoms with Crippen LogP contribution in [0.5, 0.6) is 0 Å². The van der Waals surface area contributed by atoms with E-state index in [1.165, 1.54) is 5.69 Å². The van der Waals surface area contributed by atoms with Gasteiger partial charge in [-0.3, -0.25) is 0 Å². The molecule has 0 saturated carbocycles. The van der Waals surface area contributed by atoms with Gasteiger partial charge in [-0.1, -0.05) is 12.1 Å². The maximum atomic E-state index is 5.55. The molecule has 0 atom stereocenters. The van der Waals surface area contributed by atoms with E-state index >= 15 is 0 Å². The van der Waals surface area contributed by atoms with Crippen LogP contribution in [0.15, 0.2) is 29.4 Å². The second-order valence-corrected chi connectivity index (χ2v) is 4.70. The summed E-state index contributed by atoms with van der Waals surface area (Å²) in [5.41, 5.74) is 10.5. The van der Waals surface area contributed by atoms with Crippen molar-refractivity contribution >= 4 is 23.8 Å². The summed E-state index contributed by atoms with van der Waals surface area (Å²) in [4.78, 5) is 14.2. The van der Waals surface area contributed by atoms with Gasteiger partial charge in [0.15, 0.2) is 0 Å². The topological polar surface area (TPSA) is 92.3 Å². The molecule has 1 aromatic carbocycles. The van der Waals surface area contributed by atoms with Crippen molar-refractivity contribution in [3.63, 3.8) is 0 Å². The number of nitrogens with zero attached hydrogens (tertiary/aromatic N) is 5. The number of benzene rings is 1. The number of hydrogen-bond donors (Lipinski definition) is 2. The Balaban J connectivity index is 2.01. The molecule has 2 aromatic rings. The number of anilines is 3. The zero-order valence-electron chi connectivity index (χ0n) is 13.1. The van der Waals surface area contributed by atoms with Crippen LogP contribution in [0.4, 0.5) is 17.6 Å². The van der Waals surface area contributed by atoms with Gasteiger partial charge in [-0.15, -0.1) is 0 Å². The Morgan fingerprint density at radius 3 is 2.41 bits per heavy atom. The lowest BCUT2D eigenvalue weighted by Gasteiger charge is -2.20. The largest absolute Gasteiger partial charge is 0.372 e. The molecule has 0 unspecified atom stereocenters. The quantitative estimate of drug-likeness (QED) is 0.626. The summed E-state index contributed by atoms with van der Waals surface area (Å²) in [6.45, 7) is 8.02. The van der Waals surface area contributed by atoms with Gasteiger partial charge in [0.05, 0.1) is 6.21 Å². The monoisotopic (exact) mass is 299 g/mol. The molecule has 116 valence electrons. The third kappa shape index (κ3) is 4.15. The first-order valence-electron chi connectivity index (χ1n) is 7.24. The normalized spacial score (nSPS) is 10.9. The number of rotatable bonds is 6. The summed E-state index contributed by atoms with van der Waals surface area (Å²) in [5, 5.41) is 4.11. The van der Waals surface area contributed by atoms with Crippen LogP contribution in [0.1, 0.15) is 25.2 Å². The van der Waals surface area contributed by atoms with Crippen LogP contribution >= 0.6 is 0 Å². The first-order chi connectivity index (χ1) is 10.6. The molecular weight excluding hydrogens is 278 g/mol. The maximum absolute atomic E-state index is 5.55. The van der Waals surface area contributed by atoms with E-state index in [1.807, 2.05) is 12.1 Å². The molecule has 22 heavy (non-hydrogen) atoms. The summed E-state index contributed by atoms with van der Waals surface area (Å²) in [7, 11) is 0. The van der Waals surface area contributed by atoms with Crippen LogP contribution in [0.3, 0.4) is 0 Å². The lowest BCUT2D eigenvalue weighted by molar-refractivity contribution is 0.866. The minimum absolute atomic E-state index is 0.175. The fourth-order valence-corrected chi connectivity index (χ4v) is 2.08. The average molecular weight is 299 g/mol. The molecule has 0 spiro atoms. The van der Waals surface area contributed by atoms with Crippen molar-refractivity contribution in [1.29, 1.82) is 0 Å². The van der Waals surface area contributed by atoms with E-state index in [4.69, 9.17) is 5.73 Å². The molecule has 2 rings (SSSR count). The minimum Gasteiger partial charge on any atom is -0.372 e. The molecule has 3 N–H and O–H groups in total. The smallest absolute Gasteiger partial charge is 0.248 e. The second kappa shape index (κ2) is 7.35. The second-order valence-electron chi connectivity index (χ2n) is 4.70. The van der Waals surface area contributed by atoms with Crippen LogP contribution < -0.4 is 16.1 Å². The number of hydrazone groups is 1. The average Bonchev–Trinajstić information content (AvgIpc) is 2.49. The zero-order chi connectivity index (χ0) is 15.9. The van der Waals surface area contributed by atoms with Crippen LogP contribution in [0.25, 0.3) is 0 Å². The van der Waals surface area contributed by atoms with Gasteiger partial charge < -0.3 is 10.6 Å². The molecule has 0 saturated heterocycles. The van der Waals surface area contributed by atoms with E-state index < -0.39 is 0 Å². The summed E-state index contributed by atoms with van der Waals surface area (Å²) in [5.74, 6) is 1.06. The summed E-state index contributed by atoms with van der Waals surface area (Å²) < 4.78 is 0. The highest BCUT2D eigenvalue weighted by molar-refractivity contribution is 5.80. The number of aromatic nitrogens is 3. The lowest BCUT2D eigenvalue weighted by atomic mass is 10.2. The Bertz CT molecular complexity index is 613. The molecular formula is C15H21N7. The molecule has 0 fully saturated rings. The highest BCUT2D eigenvalue weighted by atomic mass is 15.4. The highest BCUT2D eigenvalue weighted by Crippen LogP contribution is 2.14.